The molecular formula is C26H26F4N6O4. The van der Waals surface area contributed by atoms with Gasteiger partial charge in [-0.05, 0) is 36.2 Å². The maximum atomic E-state index is 13.6. The van der Waals surface area contributed by atoms with Gasteiger partial charge in [-0.15, -0.1) is 0 Å². The number of nitrogens with zero attached hydrogens (tertiary/aromatic N) is 6. The molecule has 4 atom stereocenters. The molecule has 40 heavy (non-hydrogen) atoms. The number of imidazole rings is 1. The minimum Gasteiger partial charge on any atom is -0.387 e. The molecule has 212 valence electrons. The number of aryl methyl sites for hydroxylation is 1. The smallest absolute Gasteiger partial charge is 0.387 e. The number of aromatic nitrogens is 5. The molecule has 1 aromatic carbocycles. The Kier molecular flexibility index (Phi) is 7.68. The van der Waals surface area contributed by atoms with Crippen molar-refractivity contribution < 1.29 is 37.2 Å². The van der Waals surface area contributed by atoms with E-state index in [0.29, 0.717) is 29.1 Å². The topological polar surface area (TPSA) is 119 Å². The maximum absolute atomic E-state index is 13.6. The molecule has 5 rings (SSSR count). The summed E-state index contributed by atoms with van der Waals surface area (Å²) in [6.45, 7) is 1.60. The van der Waals surface area contributed by atoms with E-state index in [9.17, 15) is 27.8 Å². The molecule has 2 N–H and O–H groups in total. The summed E-state index contributed by atoms with van der Waals surface area (Å²) < 4.78 is 65.2. The molecule has 0 bridgehead atoms. The van der Waals surface area contributed by atoms with E-state index in [4.69, 9.17) is 9.47 Å². The van der Waals surface area contributed by atoms with Crippen LogP contribution in [-0.4, -0.2) is 66.7 Å². The van der Waals surface area contributed by atoms with Crippen molar-refractivity contribution in [2.24, 2.45) is 0 Å². The van der Waals surface area contributed by atoms with E-state index >= 15 is 0 Å². The second kappa shape index (κ2) is 11.0. The minimum atomic E-state index is -4.54. The van der Waals surface area contributed by atoms with Crippen molar-refractivity contribution in [3.63, 3.8) is 0 Å². The number of rotatable bonds is 8. The van der Waals surface area contributed by atoms with E-state index in [1.54, 1.807) is 24.1 Å². The maximum Gasteiger partial charge on any atom is 0.433 e. The molecule has 4 aromatic rings. The zero-order valence-corrected chi connectivity index (χ0v) is 21.5. The molecule has 0 saturated carbocycles. The SMILES string of the molecule is Cc1nc(C(F)(F)F)ccc1COC[C@H]1O[C@@H](n2cnc3c(N(C)Cc4cccc(F)c4)ncnc32)[C@H](O)[C@@H]1O. The van der Waals surface area contributed by atoms with Gasteiger partial charge in [0.05, 0.1) is 19.5 Å². The lowest BCUT2D eigenvalue weighted by atomic mass is 10.1. The molecule has 3 aromatic heterocycles. The van der Waals surface area contributed by atoms with E-state index in [1.165, 1.54) is 42.3 Å². The molecule has 0 unspecified atom stereocenters. The zero-order chi connectivity index (χ0) is 28.6. The Morgan fingerprint density at radius 2 is 1.90 bits per heavy atom. The van der Waals surface area contributed by atoms with Crippen LogP contribution in [0.15, 0.2) is 49.1 Å². The van der Waals surface area contributed by atoms with Crippen LogP contribution in [0.3, 0.4) is 0 Å². The first-order chi connectivity index (χ1) is 19.0. The molecule has 1 aliphatic rings. The van der Waals surface area contributed by atoms with Crippen LogP contribution in [0.4, 0.5) is 23.4 Å². The number of hydrogen-bond donors (Lipinski definition) is 2. The summed E-state index contributed by atoms with van der Waals surface area (Å²) in [6, 6.07) is 8.36. The van der Waals surface area contributed by atoms with Crippen LogP contribution in [0, 0.1) is 12.7 Å². The number of ether oxygens (including phenoxy) is 2. The van der Waals surface area contributed by atoms with Gasteiger partial charge in [-0.3, -0.25) is 4.57 Å². The lowest BCUT2D eigenvalue weighted by molar-refractivity contribution is -0.141. The highest BCUT2D eigenvalue weighted by Crippen LogP contribution is 2.33. The van der Waals surface area contributed by atoms with Gasteiger partial charge in [0.2, 0.25) is 0 Å². The van der Waals surface area contributed by atoms with Gasteiger partial charge in [-0.2, -0.15) is 13.2 Å². The van der Waals surface area contributed by atoms with Gasteiger partial charge < -0.3 is 24.6 Å². The summed E-state index contributed by atoms with van der Waals surface area (Å²) in [5.41, 5.74) is 1.12. The summed E-state index contributed by atoms with van der Waals surface area (Å²) in [6.07, 6.45) is -6.43. The van der Waals surface area contributed by atoms with Crippen molar-refractivity contribution in [2.45, 2.75) is 50.8 Å². The molecule has 1 aliphatic heterocycles. The summed E-state index contributed by atoms with van der Waals surface area (Å²) in [5.74, 6) is 0.125. The van der Waals surface area contributed by atoms with Crippen LogP contribution in [0.2, 0.25) is 0 Å². The summed E-state index contributed by atoms with van der Waals surface area (Å²) in [7, 11) is 1.78. The van der Waals surface area contributed by atoms with Crippen LogP contribution in [-0.2, 0) is 28.8 Å². The second-order valence-electron chi connectivity index (χ2n) is 9.51. The third kappa shape index (κ3) is 5.61. The molecule has 0 spiro atoms. The fourth-order valence-electron chi connectivity index (χ4n) is 4.57. The van der Waals surface area contributed by atoms with Crippen molar-refractivity contribution in [1.82, 2.24) is 24.5 Å². The first-order valence-corrected chi connectivity index (χ1v) is 12.3. The second-order valence-corrected chi connectivity index (χ2v) is 9.51. The summed E-state index contributed by atoms with van der Waals surface area (Å²) >= 11 is 0. The highest BCUT2D eigenvalue weighted by Gasteiger charge is 2.44. The van der Waals surface area contributed by atoms with E-state index < -0.39 is 36.4 Å². The van der Waals surface area contributed by atoms with Crippen LogP contribution in [0.1, 0.15) is 28.7 Å². The largest absolute Gasteiger partial charge is 0.433 e. The van der Waals surface area contributed by atoms with E-state index in [2.05, 4.69) is 19.9 Å². The van der Waals surface area contributed by atoms with E-state index in [-0.39, 0.29) is 24.7 Å². The number of pyridine rings is 1. The van der Waals surface area contributed by atoms with Crippen LogP contribution in [0.5, 0.6) is 0 Å². The number of anilines is 1. The monoisotopic (exact) mass is 562 g/mol. The first-order valence-electron chi connectivity index (χ1n) is 12.3. The molecule has 1 saturated heterocycles. The molecular weight excluding hydrogens is 536 g/mol. The minimum absolute atomic E-state index is 0.0629. The zero-order valence-electron chi connectivity index (χ0n) is 21.5. The van der Waals surface area contributed by atoms with Crippen molar-refractivity contribution in [3.05, 3.63) is 77.4 Å². The third-order valence-corrected chi connectivity index (χ3v) is 6.65. The number of hydrogen-bond acceptors (Lipinski definition) is 9. The fraction of sp³-hybridized carbons (Fsp3) is 0.385. The van der Waals surface area contributed by atoms with Crippen molar-refractivity contribution in [2.75, 3.05) is 18.6 Å². The Labute approximate surface area is 225 Å². The molecule has 0 radical (unpaired) electrons. The Balaban J connectivity index is 1.27. The number of fused-ring (bicyclic) bond motifs is 1. The number of aliphatic hydroxyl groups excluding tert-OH is 2. The van der Waals surface area contributed by atoms with E-state index in [0.717, 1.165) is 11.6 Å². The van der Waals surface area contributed by atoms with Crippen molar-refractivity contribution in [3.8, 4) is 0 Å². The average molecular weight is 563 g/mol. The van der Waals surface area contributed by atoms with Crippen molar-refractivity contribution >= 4 is 17.0 Å². The number of aliphatic hydroxyl groups is 2. The molecule has 10 nitrogen and oxygen atoms in total. The van der Waals surface area contributed by atoms with Crippen LogP contribution < -0.4 is 4.90 Å². The normalized spacial score (nSPS) is 21.3. The Hall–Kier alpha value is -3.72. The summed E-state index contributed by atoms with van der Waals surface area (Å²) in [4.78, 5) is 18.3. The highest BCUT2D eigenvalue weighted by atomic mass is 19.4. The van der Waals surface area contributed by atoms with Crippen LogP contribution in [0.25, 0.3) is 11.2 Å². The van der Waals surface area contributed by atoms with Gasteiger partial charge in [0.25, 0.3) is 0 Å². The summed E-state index contributed by atoms with van der Waals surface area (Å²) in [5, 5.41) is 21.3. The Bertz CT molecular complexity index is 1500. The lowest BCUT2D eigenvalue weighted by Crippen LogP contribution is -2.33. The van der Waals surface area contributed by atoms with Gasteiger partial charge in [-0.1, -0.05) is 18.2 Å². The van der Waals surface area contributed by atoms with Crippen molar-refractivity contribution in [1.29, 1.82) is 0 Å². The third-order valence-electron chi connectivity index (χ3n) is 6.65. The number of benzene rings is 1. The van der Waals surface area contributed by atoms with Gasteiger partial charge >= 0.3 is 6.18 Å². The van der Waals surface area contributed by atoms with Gasteiger partial charge in [0.1, 0.15) is 36.2 Å². The predicted octanol–water partition coefficient (Wildman–Crippen LogP) is 3.16. The number of alkyl halides is 3. The fourth-order valence-corrected chi connectivity index (χ4v) is 4.57. The molecule has 1 fully saturated rings. The quantitative estimate of drug-likeness (QED) is 0.312. The molecule has 14 heteroatoms. The van der Waals surface area contributed by atoms with E-state index in [1.807, 2.05) is 0 Å². The Morgan fingerprint density at radius 3 is 2.62 bits per heavy atom. The standard InChI is InChI=1S/C26H26F4N6O4/c1-14-16(6-7-19(34-14)26(28,29)30)10-39-11-18-21(37)22(38)25(40-18)36-13-33-20-23(31-12-32-24(20)36)35(2)9-15-4-3-5-17(27)8-15/h3-8,12-13,18,21-22,25,37-38H,9-11H2,1-2H3/t18-,21-,22-,25-/m1/s1. The molecule has 4 heterocycles. The van der Waals surface area contributed by atoms with Gasteiger partial charge in [-0.25, -0.2) is 24.3 Å². The highest BCUT2D eigenvalue weighted by molar-refractivity contribution is 5.83. The number of halogens is 4. The average Bonchev–Trinajstić information content (AvgIpc) is 3.45. The van der Waals surface area contributed by atoms with Gasteiger partial charge in [0, 0.05) is 19.3 Å². The molecule has 0 aliphatic carbocycles. The molecule has 0 amide bonds. The van der Waals surface area contributed by atoms with Crippen LogP contribution >= 0.6 is 0 Å². The Morgan fingerprint density at radius 1 is 1.10 bits per heavy atom. The predicted molar refractivity (Wildman–Crippen MR) is 133 cm³/mol. The lowest BCUT2D eigenvalue weighted by Gasteiger charge is -2.19. The van der Waals surface area contributed by atoms with Gasteiger partial charge in [0.15, 0.2) is 23.2 Å². The first kappa shape index (κ1) is 27.8.